The smallest absolute Gasteiger partial charge is 0.263 e. The minimum Gasteiger partial charge on any atom is -0.379 e. The Morgan fingerprint density at radius 1 is 1.23 bits per heavy atom. The maximum atomic E-state index is 12.0. The van der Waals surface area contributed by atoms with Crippen LogP contribution in [0.2, 0.25) is 0 Å². The minimum atomic E-state index is -0.185. The summed E-state index contributed by atoms with van der Waals surface area (Å²) in [5, 5.41) is 7.33. The molecule has 1 aromatic carbocycles. The lowest BCUT2D eigenvalue weighted by Crippen LogP contribution is -2.37. The first kappa shape index (κ1) is 20.3. The molecule has 0 radical (unpaired) electrons. The number of hydrogen-bond acceptors (Lipinski definition) is 7. The van der Waals surface area contributed by atoms with Gasteiger partial charge in [0.05, 0.1) is 35.7 Å². The van der Waals surface area contributed by atoms with Gasteiger partial charge in [-0.25, -0.2) is 9.50 Å². The third kappa shape index (κ3) is 4.54. The van der Waals surface area contributed by atoms with Gasteiger partial charge in [0.15, 0.2) is 5.65 Å². The zero-order valence-electron chi connectivity index (χ0n) is 16.8. The average Bonchev–Trinajstić information content (AvgIpc) is 3.35. The molecule has 2 aliphatic rings. The molecule has 7 nitrogen and oxygen atoms in total. The van der Waals surface area contributed by atoms with Crippen LogP contribution in [-0.2, 0) is 16.0 Å². The van der Waals surface area contributed by atoms with Crippen LogP contribution in [0.15, 0.2) is 47.5 Å². The lowest BCUT2D eigenvalue weighted by Gasteiger charge is -2.26. The molecule has 1 N–H and O–H groups in total. The van der Waals surface area contributed by atoms with Gasteiger partial charge in [-0.15, -0.1) is 0 Å². The summed E-state index contributed by atoms with van der Waals surface area (Å²) in [6, 6.07) is 12.3. The van der Waals surface area contributed by atoms with Crippen LogP contribution in [0.5, 0.6) is 0 Å². The molecule has 158 valence electrons. The first-order valence-electron chi connectivity index (χ1n) is 10.1. The summed E-state index contributed by atoms with van der Waals surface area (Å²) in [5.41, 5.74) is 4.71. The Kier molecular flexibility index (Phi) is 5.82. The summed E-state index contributed by atoms with van der Waals surface area (Å²) < 4.78 is 7.72. The van der Waals surface area contributed by atoms with E-state index in [4.69, 9.17) is 22.1 Å². The highest BCUT2D eigenvalue weighted by molar-refractivity contribution is 8.26. The van der Waals surface area contributed by atoms with Gasteiger partial charge < -0.3 is 10.1 Å². The molecule has 0 saturated carbocycles. The number of nitrogens with zero attached hydrogens (tertiary/aromatic N) is 4. The van der Waals surface area contributed by atoms with Gasteiger partial charge >= 0.3 is 0 Å². The molecule has 4 heterocycles. The lowest BCUT2D eigenvalue weighted by molar-refractivity contribution is -0.115. The number of thiocarbonyl (C=S) groups is 1. The number of fused-ring (bicyclic) bond motifs is 1. The fourth-order valence-corrected chi connectivity index (χ4v) is 4.74. The number of carbonyl (C=O) groups excluding carboxylic acids is 1. The van der Waals surface area contributed by atoms with E-state index in [1.54, 1.807) is 6.08 Å². The maximum Gasteiger partial charge on any atom is 0.263 e. The number of aromatic nitrogens is 3. The SMILES string of the molecule is O=C1NC(=S)SC1=Cc1ccc2ncc(-c3cccc(CCN4CCOCC4)c3)n2n1. The molecule has 9 heteroatoms. The largest absolute Gasteiger partial charge is 0.379 e. The standard InChI is InChI=1S/C22H21N5O2S2/c28-21-19(31-22(30)24-21)13-17-4-5-20-23-14-18(27(20)25-17)16-3-1-2-15(12-16)6-7-26-8-10-29-11-9-26/h1-5,12-14H,6-11H2,(H,24,28,30). The molecule has 2 fully saturated rings. The highest BCUT2D eigenvalue weighted by Crippen LogP contribution is 2.26. The van der Waals surface area contributed by atoms with Crippen molar-refractivity contribution in [3.05, 3.63) is 58.8 Å². The highest BCUT2D eigenvalue weighted by Gasteiger charge is 2.22. The molecule has 1 amide bonds. The van der Waals surface area contributed by atoms with Crippen molar-refractivity contribution in [1.29, 1.82) is 0 Å². The van der Waals surface area contributed by atoms with Crippen molar-refractivity contribution in [2.24, 2.45) is 0 Å². The van der Waals surface area contributed by atoms with Crippen molar-refractivity contribution in [2.75, 3.05) is 32.8 Å². The summed E-state index contributed by atoms with van der Waals surface area (Å²) in [6.07, 6.45) is 4.58. The van der Waals surface area contributed by atoms with Gasteiger partial charge in [-0.1, -0.05) is 42.2 Å². The van der Waals surface area contributed by atoms with E-state index in [9.17, 15) is 4.79 Å². The first-order valence-corrected chi connectivity index (χ1v) is 11.4. The minimum absolute atomic E-state index is 0.185. The van der Waals surface area contributed by atoms with E-state index < -0.39 is 0 Å². The van der Waals surface area contributed by atoms with Crippen molar-refractivity contribution < 1.29 is 9.53 Å². The lowest BCUT2D eigenvalue weighted by atomic mass is 10.1. The number of carbonyl (C=O) groups is 1. The molecule has 0 unspecified atom stereocenters. The van der Waals surface area contributed by atoms with Crippen molar-refractivity contribution in [2.45, 2.75) is 6.42 Å². The highest BCUT2D eigenvalue weighted by atomic mass is 32.2. The second-order valence-electron chi connectivity index (χ2n) is 7.43. The number of ether oxygens (including phenoxy) is 1. The van der Waals surface area contributed by atoms with Gasteiger partial charge in [-0.2, -0.15) is 5.10 Å². The van der Waals surface area contributed by atoms with Crippen molar-refractivity contribution in [3.63, 3.8) is 0 Å². The van der Waals surface area contributed by atoms with Crippen LogP contribution in [0.25, 0.3) is 23.0 Å². The molecular weight excluding hydrogens is 430 g/mol. The van der Waals surface area contributed by atoms with Gasteiger partial charge in [0.25, 0.3) is 5.91 Å². The predicted octanol–water partition coefficient (Wildman–Crippen LogP) is 2.76. The second-order valence-corrected chi connectivity index (χ2v) is 9.15. The molecule has 0 bridgehead atoms. The Labute approximate surface area is 189 Å². The van der Waals surface area contributed by atoms with E-state index in [-0.39, 0.29) is 5.91 Å². The van der Waals surface area contributed by atoms with Crippen LogP contribution in [0.4, 0.5) is 0 Å². The van der Waals surface area contributed by atoms with Crippen LogP contribution in [0.1, 0.15) is 11.3 Å². The number of hydrogen-bond donors (Lipinski definition) is 1. The number of nitrogens with one attached hydrogen (secondary N) is 1. The van der Waals surface area contributed by atoms with E-state index >= 15 is 0 Å². The van der Waals surface area contributed by atoms with E-state index in [1.807, 2.05) is 22.8 Å². The third-order valence-electron chi connectivity index (χ3n) is 5.35. The average molecular weight is 452 g/mol. The van der Waals surface area contributed by atoms with E-state index in [0.29, 0.717) is 14.9 Å². The van der Waals surface area contributed by atoms with Gasteiger partial charge in [0, 0.05) is 25.2 Å². The Bertz CT molecular complexity index is 1180. The topological polar surface area (TPSA) is 71.8 Å². The molecule has 2 aromatic heterocycles. The van der Waals surface area contributed by atoms with Crippen LogP contribution in [0.3, 0.4) is 0 Å². The quantitative estimate of drug-likeness (QED) is 0.472. The molecule has 31 heavy (non-hydrogen) atoms. The molecule has 0 spiro atoms. The Hall–Kier alpha value is -2.59. The van der Waals surface area contributed by atoms with Crippen LogP contribution >= 0.6 is 24.0 Å². The Morgan fingerprint density at radius 3 is 2.90 bits per heavy atom. The zero-order chi connectivity index (χ0) is 21.2. The maximum absolute atomic E-state index is 12.0. The van der Waals surface area contributed by atoms with Gasteiger partial charge in [-0.05, 0) is 36.3 Å². The van der Waals surface area contributed by atoms with Crippen molar-refractivity contribution in [3.8, 4) is 11.3 Å². The molecule has 2 saturated heterocycles. The molecule has 5 rings (SSSR count). The molecule has 0 atom stereocenters. The molecular formula is C22H21N5O2S2. The van der Waals surface area contributed by atoms with Crippen LogP contribution in [0, 0.1) is 0 Å². The number of thioether (sulfide) groups is 1. The fourth-order valence-electron chi connectivity index (χ4n) is 3.71. The normalized spacial score (nSPS) is 18.8. The Morgan fingerprint density at radius 2 is 2.10 bits per heavy atom. The van der Waals surface area contributed by atoms with Crippen molar-refractivity contribution in [1.82, 2.24) is 24.8 Å². The molecule has 3 aromatic rings. The number of imidazole rings is 1. The van der Waals surface area contributed by atoms with Crippen LogP contribution < -0.4 is 5.32 Å². The molecule has 2 aliphatic heterocycles. The zero-order valence-corrected chi connectivity index (χ0v) is 18.4. The summed E-state index contributed by atoms with van der Waals surface area (Å²) >= 11 is 6.31. The number of morpholine rings is 1. The number of amides is 1. The van der Waals surface area contributed by atoms with Crippen LogP contribution in [-0.4, -0.2) is 62.6 Å². The van der Waals surface area contributed by atoms with Gasteiger partial charge in [0.2, 0.25) is 0 Å². The van der Waals surface area contributed by atoms with Gasteiger partial charge in [-0.3, -0.25) is 9.69 Å². The van der Waals surface area contributed by atoms with E-state index in [2.05, 4.69) is 39.5 Å². The van der Waals surface area contributed by atoms with Crippen molar-refractivity contribution >= 4 is 45.9 Å². The van der Waals surface area contributed by atoms with Gasteiger partial charge in [0.1, 0.15) is 4.32 Å². The molecule has 0 aliphatic carbocycles. The summed E-state index contributed by atoms with van der Waals surface area (Å²) in [5.74, 6) is -0.185. The monoisotopic (exact) mass is 451 g/mol. The van der Waals surface area contributed by atoms with E-state index in [0.717, 1.165) is 56.2 Å². The fraction of sp³-hybridized carbons (Fsp3) is 0.273. The predicted molar refractivity (Wildman–Crippen MR) is 126 cm³/mol. The summed E-state index contributed by atoms with van der Waals surface area (Å²) in [6.45, 7) is 4.65. The Balaban J connectivity index is 1.40. The summed E-state index contributed by atoms with van der Waals surface area (Å²) in [7, 11) is 0. The number of rotatable bonds is 5. The van der Waals surface area contributed by atoms with E-state index in [1.165, 1.54) is 17.3 Å². The summed E-state index contributed by atoms with van der Waals surface area (Å²) in [4.78, 5) is 19.4. The first-order chi connectivity index (χ1) is 15.2. The number of benzene rings is 1. The second kappa shape index (κ2) is 8.88. The third-order valence-corrected chi connectivity index (χ3v) is 6.51.